The van der Waals surface area contributed by atoms with Crippen LogP contribution >= 0.6 is 0 Å². The summed E-state index contributed by atoms with van der Waals surface area (Å²) in [5.74, 6) is -0.281. The number of halogens is 3. The topological polar surface area (TPSA) is 44.9 Å². The quantitative estimate of drug-likeness (QED) is 0.576. The van der Waals surface area contributed by atoms with Crippen LogP contribution in [0.4, 0.5) is 18.9 Å². The first-order valence-electron chi connectivity index (χ1n) is 8.32. The summed E-state index contributed by atoms with van der Waals surface area (Å²) in [7, 11) is 0. The number of amides is 1. The van der Waals surface area contributed by atoms with Crippen LogP contribution in [0.5, 0.6) is 0 Å². The van der Waals surface area contributed by atoms with E-state index in [0.717, 1.165) is 23.5 Å². The molecule has 3 nitrogen and oxygen atoms in total. The summed E-state index contributed by atoms with van der Waals surface area (Å²) in [4.78, 5) is 15.6. The number of carbonyl (C=O) groups excluding carboxylic acids is 1. The first kappa shape index (κ1) is 17.1. The molecule has 0 bridgehead atoms. The van der Waals surface area contributed by atoms with Crippen LogP contribution in [0.25, 0.3) is 22.8 Å². The number of aryl methyl sites for hydroxylation is 1. The molecule has 136 valence electrons. The van der Waals surface area contributed by atoms with Gasteiger partial charge in [0.1, 0.15) is 0 Å². The van der Waals surface area contributed by atoms with Gasteiger partial charge in [-0.3, -0.25) is 4.79 Å². The lowest BCUT2D eigenvalue weighted by molar-refractivity contribution is -0.137. The summed E-state index contributed by atoms with van der Waals surface area (Å²) in [6.45, 7) is 1.90. The summed E-state index contributed by atoms with van der Waals surface area (Å²) in [5, 5.41) is 2.79. The van der Waals surface area contributed by atoms with Crippen molar-refractivity contribution in [1.82, 2.24) is 4.98 Å². The number of nitrogens with one attached hydrogen (secondary N) is 2. The zero-order chi connectivity index (χ0) is 19.2. The van der Waals surface area contributed by atoms with Gasteiger partial charge >= 0.3 is 6.18 Å². The van der Waals surface area contributed by atoms with E-state index in [1.54, 1.807) is 30.3 Å². The minimum absolute atomic E-state index is 0.281. The largest absolute Gasteiger partial charge is 0.416 e. The van der Waals surface area contributed by atoms with Crippen LogP contribution < -0.4 is 5.32 Å². The van der Waals surface area contributed by atoms with Gasteiger partial charge < -0.3 is 10.3 Å². The van der Waals surface area contributed by atoms with Crippen LogP contribution in [0.2, 0.25) is 0 Å². The number of aromatic nitrogens is 1. The van der Waals surface area contributed by atoms with Gasteiger partial charge in [-0.15, -0.1) is 0 Å². The maximum Gasteiger partial charge on any atom is 0.416 e. The van der Waals surface area contributed by atoms with Crippen molar-refractivity contribution in [2.75, 3.05) is 5.32 Å². The second-order valence-corrected chi connectivity index (χ2v) is 6.42. The van der Waals surface area contributed by atoms with Gasteiger partial charge in [0.15, 0.2) is 0 Å². The van der Waals surface area contributed by atoms with Gasteiger partial charge in [-0.25, -0.2) is 0 Å². The maximum absolute atomic E-state index is 13.1. The van der Waals surface area contributed by atoms with Crippen molar-refractivity contribution in [2.45, 2.75) is 13.1 Å². The van der Waals surface area contributed by atoms with E-state index < -0.39 is 11.7 Å². The fourth-order valence-electron chi connectivity index (χ4n) is 3.26. The third kappa shape index (κ3) is 3.14. The fourth-order valence-corrected chi connectivity index (χ4v) is 3.26. The summed E-state index contributed by atoms with van der Waals surface area (Å²) >= 11 is 0. The van der Waals surface area contributed by atoms with Crippen molar-refractivity contribution in [3.8, 4) is 11.1 Å². The highest BCUT2D eigenvalue weighted by atomic mass is 19.4. The molecule has 27 heavy (non-hydrogen) atoms. The van der Waals surface area contributed by atoms with E-state index in [0.29, 0.717) is 28.0 Å². The predicted octanol–water partition coefficient (Wildman–Crippen LogP) is 5.50. The predicted molar refractivity (Wildman–Crippen MR) is 98.9 cm³/mol. The van der Waals surface area contributed by atoms with Crippen molar-refractivity contribution in [1.29, 1.82) is 0 Å². The zero-order valence-corrected chi connectivity index (χ0v) is 14.3. The monoisotopic (exact) mass is 368 g/mol. The van der Waals surface area contributed by atoms with E-state index in [2.05, 4.69) is 10.3 Å². The van der Waals surface area contributed by atoms with Crippen LogP contribution in [0.15, 0.2) is 54.6 Å². The third-order valence-electron chi connectivity index (χ3n) is 4.48. The van der Waals surface area contributed by atoms with E-state index in [9.17, 15) is 18.0 Å². The van der Waals surface area contributed by atoms with Gasteiger partial charge in [0.2, 0.25) is 0 Å². The van der Waals surface area contributed by atoms with Crippen LogP contribution in [0.3, 0.4) is 0 Å². The number of hydrogen-bond acceptors (Lipinski definition) is 1. The van der Waals surface area contributed by atoms with Crippen molar-refractivity contribution < 1.29 is 18.0 Å². The lowest BCUT2D eigenvalue weighted by atomic mass is 9.93. The summed E-state index contributed by atoms with van der Waals surface area (Å²) in [6, 6.07) is 14.1. The average Bonchev–Trinajstić information content (AvgIpc) is 3.17. The van der Waals surface area contributed by atoms with Gasteiger partial charge in [-0.2, -0.15) is 13.2 Å². The second kappa shape index (κ2) is 6.16. The molecular weight excluding hydrogens is 353 g/mol. The van der Waals surface area contributed by atoms with Crippen molar-refractivity contribution in [3.05, 3.63) is 77.1 Å². The average molecular weight is 368 g/mol. The highest BCUT2D eigenvalue weighted by Crippen LogP contribution is 2.41. The second-order valence-electron chi connectivity index (χ2n) is 6.42. The van der Waals surface area contributed by atoms with Gasteiger partial charge in [0, 0.05) is 22.6 Å². The SMILES string of the molecule is Cc1ccc(C=C2C(=O)Nc3cccc(-c4cccc(C(F)(F)F)c4)c32)[nH]1. The first-order chi connectivity index (χ1) is 12.8. The number of hydrogen-bond donors (Lipinski definition) is 2. The molecule has 1 amide bonds. The first-order valence-corrected chi connectivity index (χ1v) is 8.32. The van der Waals surface area contributed by atoms with Crippen LogP contribution in [0, 0.1) is 6.92 Å². The normalized spacial score (nSPS) is 15.1. The van der Waals surface area contributed by atoms with Crippen molar-refractivity contribution >= 4 is 23.2 Å². The molecule has 0 saturated carbocycles. The summed E-state index contributed by atoms with van der Waals surface area (Å²) < 4.78 is 39.3. The van der Waals surface area contributed by atoms with Crippen LogP contribution in [0.1, 0.15) is 22.5 Å². The summed E-state index contributed by atoms with van der Waals surface area (Å²) in [6.07, 6.45) is -2.71. The Labute approximate surface area is 153 Å². The Bertz CT molecular complexity index is 1080. The molecule has 0 saturated heterocycles. The molecule has 1 aliphatic heterocycles. The molecule has 1 aliphatic rings. The van der Waals surface area contributed by atoms with Gasteiger partial charge in [-0.1, -0.05) is 24.3 Å². The lowest BCUT2D eigenvalue weighted by Crippen LogP contribution is -2.04. The van der Waals surface area contributed by atoms with E-state index in [4.69, 9.17) is 0 Å². The number of fused-ring (bicyclic) bond motifs is 1. The third-order valence-corrected chi connectivity index (χ3v) is 4.48. The lowest BCUT2D eigenvalue weighted by Gasteiger charge is -2.12. The Balaban J connectivity index is 1.88. The Morgan fingerprint density at radius 3 is 2.48 bits per heavy atom. The van der Waals surface area contributed by atoms with Gasteiger partial charge in [0.25, 0.3) is 5.91 Å². The molecule has 1 aromatic heterocycles. The standard InChI is InChI=1S/C21H15F3N2O/c1-12-8-9-15(25-12)11-17-19-16(6-3-7-18(19)26-20(17)27)13-4-2-5-14(10-13)21(22,23)24/h2-11,25H,1H3,(H,26,27). The Kier molecular flexibility index (Phi) is 3.91. The highest BCUT2D eigenvalue weighted by molar-refractivity contribution is 6.36. The number of aromatic amines is 1. The maximum atomic E-state index is 13.1. The molecule has 0 radical (unpaired) electrons. The number of benzene rings is 2. The van der Waals surface area contributed by atoms with E-state index in [-0.39, 0.29) is 5.91 Å². The van der Waals surface area contributed by atoms with Gasteiger partial charge in [-0.05, 0) is 54.5 Å². The molecule has 0 unspecified atom stereocenters. The molecule has 3 aromatic rings. The van der Waals surface area contributed by atoms with Gasteiger partial charge in [0.05, 0.1) is 11.1 Å². The Hall–Kier alpha value is -3.28. The molecule has 0 fully saturated rings. The number of carbonyl (C=O) groups is 1. The Morgan fingerprint density at radius 1 is 1.00 bits per heavy atom. The molecule has 2 heterocycles. The number of anilines is 1. The smallest absolute Gasteiger partial charge is 0.359 e. The minimum Gasteiger partial charge on any atom is -0.359 e. The van der Waals surface area contributed by atoms with E-state index >= 15 is 0 Å². The van der Waals surface area contributed by atoms with E-state index in [1.807, 2.05) is 19.1 Å². The molecule has 2 N–H and O–H groups in total. The molecular formula is C21H15F3N2O. The molecule has 0 spiro atoms. The van der Waals surface area contributed by atoms with E-state index in [1.165, 1.54) is 6.07 Å². The van der Waals surface area contributed by atoms with Crippen molar-refractivity contribution in [2.24, 2.45) is 0 Å². The molecule has 6 heteroatoms. The Morgan fingerprint density at radius 2 is 1.78 bits per heavy atom. The zero-order valence-electron chi connectivity index (χ0n) is 14.3. The number of H-pyrrole nitrogens is 1. The molecule has 0 atom stereocenters. The summed E-state index contributed by atoms with van der Waals surface area (Å²) in [5.41, 5.74) is 3.58. The molecule has 4 rings (SSSR count). The number of alkyl halides is 3. The molecule has 0 aliphatic carbocycles. The van der Waals surface area contributed by atoms with Crippen LogP contribution in [-0.4, -0.2) is 10.9 Å². The van der Waals surface area contributed by atoms with Crippen molar-refractivity contribution in [3.63, 3.8) is 0 Å². The van der Waals surface area contributed by atoms with Crippen LogP contribution in [-0.2, 0) is 11.0 Å². The highest BCUT2D eigenvalue weighted by Gasteiger charge is 2.32. The fraction of sp³-hybridized carbons (Fsp3) is 0.0952. The minimum atomic E-state index is -4.43. The number of rotatable bonds is 2. The molecule has 2 aromatic carbocycles.